The van der Waals surface area contributed by atoms with Crippen molar-refractivity contribution in [3.63, 3.8) is 0 Å². The van der Waals surface area contributed by atoms with E-state index >= 15 is 0 Å². The number of hydrogen-bond acceptors (Lipinski definition) is 4. The van der Waals surface area contributed by atoms with Crippen molar-refractivity contribution < 1.29 is 9.90 Å². The number of rotatable bonds is 1. The Morgan fingerprint density at radius 1 is 1.29 bits per heavy atom. The van der Waals surface area contributed by atoms with Gasteiger partial charge in [0.2, 0.25) is 5.91 Å². The third kappa shape index (κ3) is 2.20. The van der Waals surface area contributed by atoms with Gasteiger partial charge >= 0.3 is 0 Å². The number of carbonyl (C=O) groups is 1. The first kappa shape index (κ1) is 11.8. The number of aliphatic hydroxyl groups excluding tert-OH is 1. The molecular formula is C12H20N2O2S. The van der Waals surface area contributed by atoms with Crippen LogP contribution >= 0.6 is 11.8 Å². The fourth-order valence-corrected chi connectivity index (χ4v) is 4.34. The first-order valence-electron chi connectivity index (χ1n) is 6.57. The molecule has 2 bridgehead atoms. The summed E-state index contributed by atoms with van der Waals surface area (Å²) in [4.78, 5) is 14.6. The van der Waals surface area contributed by atoms with E-state index in [1.807, 2.05) is 11.8 Å². The molecule has 3 fully saturated rings. The Kier molecular flexibility index (Phi) is 3.32. The van der Waals surface area contributed by atoms with Crippen LogP contribution in [-0.4, -0.2) is 58.2 Å². The fourth-order valence-electron chi connectivity index (χ4n) is 3.41. The maximum Gasteiger partial charge on any atom is 0.241 e. The molecule has 3 aliphatic heterocycles. The van der Waals surface area contributed by atoms with Crippen molar-refractivity contribution in [3.05, 3.63) is 0 Å². The summed E-state index contributed by atoms with van der Waals surface area (Å²) in [6, 6.07) is 0.599. The second kappa shape index (κ2) is 4.78. The van der Waals surface area contributed by atoms with Gasteiger partial charge in [0.1, 0.15) is 0 Å². The third-order valence-electron chi connectivity index (χ3n) is 4.18. The van der Waals surface area contributed by atoms with Crippen LogP contribution in [-0.2, 0) is 4.79 Å². The number of fused-ring (bicyclic) bond motifs is 2. The molecule has 0 radical (unpaired) electrons. The van der Waals surface area contributed by atoms with Crippen LogP contribution in [0.2, 0.25) is 0 Å². The van der Waals surface area contributed by atoms with Crippen LogP contribution < -0.4 is 5.32 Å². The van der Waals surface area contributed by atoms with Crippen LogP contribution in [0.5, 0.6) is 0 Å². The van der Waals surface area contributed by atoms with Crippen LogP contribution in [0.3, 0.4) is 0 Å². The number of carbonyl (C=O) groups excluding carboxylic acids is 1. The standard InChI is InChI=1S/C12H20N2O2S/c15-10-5-8-1-2-9(6-10)14(8)12(16)11-7-17-4-3-13-11/h8-11,13,15H,1-7H2. The highest BCUT2D eigenvalue weighted by atomic mass is 32.2. The summed E-state index contributed by atoms with van der Waals surface area (Å²) >= 11 is 1.86. The molecule has 0 aromatic rings. The molecule has 0 spiro atoms. The lowest BCUT2D eigenvalue weighted by Gasteiger charge is -2.39. The molecule has 2 N–H and O–H groups in total. The molecule has 5 heteroatoms. The van der Waals surface area contributed by atoms with E-state index < -0.39 is 0 Å². The highest BCUT2D eigenvalue weighted by molar-refractivity contribution is 7.99. The minimum Gasteiger partial charge on any atom is -0.393 e. The second-order valence-electron chi connectivity index (χ2n) is 5.34. The van der Waals surface area contributed by atoms with Crippen molar-refractivity contribution >= 4 is 17.7 Å². The topological polar surface area (TPSA) is 52.6 Å². The zero-order chi connectivity index (χ0) is 11.8. The van der Waals surface area contributed by atoms with E-state index in [4.69, 9.17) is 0 Å². The van der Waals surface area contributed by atoms with Gasteiger partial charge in [-0.2, -0.15) is 11.8 Å². The van der Waals surface area contributed by atoms with Gasteiger partial charge in [-0.15, -0.1) is 0 Å². The second-order valence-corrected chi connectivity index (χ2v) is 6.49. The molecule has 96 valence electrons. The Hall–Kier alpha value is -0.260. The molecule has 3 unspecified atom stereocenters. The van der Waals surface area contributed by atoms with E-state index in [0.717, 1.165) is 43.7 Å². The average molecular weight is 256 g/mol. The van der Waals surface area contributed by atoms with E-state index in [-0.39, 0.29) is 18.1 Å². The van der Waals surface area contributed by atoms with Crippen molar-refractivity contribution in [3.8, 4) is 0 Å². The van der Waals surface area contributed by atoms with E-state index in [0.29, 0.717) is 12.1 Å². The van der Waals surface area contributed by atoms with Crippen LogP contribution in [0.15, 0.2) is 0 Å². The summed E-state index contributed by atoms with van der Waals surface area (Å²) in [6.07, 6.45) is 3.52. The SMILES string of the molecule is O=C(C1CSCCN1)N1C2CCC1CC(O)C2. The average Bonchev–Trinajstić information content (AvgIpc) is 2.62. The largest absolute Gasteiger partial charge is 0.393 e. The van der Waals surface area contributed by atoms with Gasteiger partial charge in [-0.1, -0.05) is 0 Å². The van der Waals surface area contributed by atoms with Gasteiger partial charge in [0.25, 0.3) is 0 Å². The predicted octanol–water partition coefficient (Wildman–Crippen LogP) is 0.206. The highest BCUT2D eigenvalue weighted by Gasteiger charge is 2.44. The molecular weight excluding hydrogens is 236 g/mol. The minimum absolute atomic E-state index is 0.00657. The first-order chi connectivity index (χ1) is 8.25. The molecule has 3 rings (SSSR count). The molecule has 0 aliphatic carbocycles. The summed E-state index contributed by atoms with van der Waals surface area (Å²) in [6.45, 7) is 0.937. The van der Waals surface area contributed by atoms with Crippen LogP contribution in [0.1, 0.15) is 25.7 Å². The monoisotopic (exact) mass is 256 g/mol. The highest BCUT2D eigenvalue weighted by Crippen LogP contribution is 2.36. The van der Waals surface area contributed by atoms with E-state index in [9.17, 15) is 9.90 Å². The Morgan fingerprint density at radius 2 is 2.00 bits per heavy atom. The van der Waals surface area contributed by atoms with E-state index in [1.54, 1.807) is 0 Å². The molecule has 0 aromatic carbocycles. The smallest absolute Gasteiger partial charge is 0.241 e. The van der Waals surface area contributed by atoms with Gasteiger partial charge in [0.15, 0.2) is 0 Å². The summed E-state index contributed by atoms with van der Waals surface area (Å²) in [7, 11) is 0. The fraction of sp³-hybridized carbons (Fsp3) is 0.917. The van der Waals surface area contributed by atoms with Crippen molar-refractivity contribution in [1.82, 2.24) is 10.2 Å². The van der Waals surface area contributed by atoms with Crippen LogP contribution in [0.25, 0.3) is 0 Å². The number of nitrogens with zero attached hydrogens (tertiary/aromatic N) is 1. The molecule has 1 amide bonds. The Labute approximate surface area is 106 Å². The molecule has 17 heavy (non-hydrogen) atoms. The number of piperidine rings is 1. The lowest BCUT2D eigenvalue weighted by atomic mass is 9.99. The molecule has 3 aliphatic rings. The van der Waals surface area contributed by atoms with Crippen molar-refractivity contribution in [1.29, 1.82) is 0 Å². The number of hydrogen-bond donors (Lipinski definition) is 2. The number of aliphatic hydroxyl groups is 1. The van der Waals surface area contributed by atoms with Gasteiger partial charge in [0, 0.05) is 30.1 Å². The van der Waals surface area contributed by atoms with E-state index in [1.165, 1.54) is 0 Å². The Balaban J connectivity index is 1.69. The van der Waals surface area contributed by atoms with Gasteiger partial charge in [-0.25, -0.2) is 0 Å². The number of nitrogens with one attached hydrogen (secondary N) is 1. The third-order valence-corrected chi connectivity index (χ3v) is 5.24. The zero-order valence-electron chi connectivity index (χ0n) is 9.97. The number of amides is 1. The maximum absolute atomic E-state index is 12.5. The minimum atomic E-state index is -0.190. The summed E-state index contributed by atoms with van der Waals surface area (Å²) < 4.78 is 0. The lowest BCUT2D eigenvalue weighted by molar-refractivity contribution is -0.139. The maximum atomic E-state index is 12.5. The van der Waals surface area contributed by atoms with Crippen molar-refractivity contribution in [2.75, 3.05) is 18.1 Å². The first-order valence-corrected chi connectivity index (χ1v) is 7.72. The molecule has 3 atom stereocenters. The predicted molar refractivity (Wildman–Crippen MR) is 68.0 cm³/mol. The Bertz CT molecular complexity index is 293. The van der Waals surface area contributed by atoms with E-state index in [2.05, 4.69) is 10.2 Å². The quantitative estimate of drug-likeness (QED) is 0.704. The zero-order valence-corrected chi connectivity index (χ0v) is 10.8. The summed E-state index contributed by atoms with van der Waals surface area (Å²) in [5, 5.41) is 13.1. The molecule has 3 saturated heterocycles. The van der Waals surface area contributed by atoms with Gasteiger partial charge in [-0.3, -0.25) is 4.79 Å². The molecule has 4 nitrogen and oxygen atoms in total. The van der Waals surface area contributed by atoms with Crippen molar-refractivity contribution in [2.45, 2.75) is 49.9 Å². The summed E-state index contributed by atoms with van der Waals surface area (Å²) in [5.41, 5.74) is 0. The summed E-state index contributed by atoms with van der Waals surface area (Å²) in [5.74, 6) is 2.28. The molecule has 0 aromatic heterocycles. The van der Waals surface area contributed by atoms with Gasteiger partial charge in [0.05, 0.1) is 12.1 Å². The Morgan fingerprint density at radius 3 is 2.59 bits per heavy atom. The molecule has 3 heterocycles. The number of thioether (sulfide) groups is 1. The van der Waals surface area contributed by atoms with Crippen LogP contribution in [0.4, 0.5) is 0 Å². The van der Waals surface area contributed by atoms with Gasteiger partial charge in [-0.05, 0) is 25.7 Å². The molecule has 0 saturated carbocycles. The lowest BCUT2D eigenvalue weighted by Crippen LogP contribution is -2.56. The van der Waals surface area contributed by atoms with Gasteiger partial charge < -0.3 is 15.3 Å². The normalized spacial score (nSPS) is 41.6. The van der Waals surface area contributed by atoms with Crippen LogP contribution in [0, 0.1) is 0 Å². The van der Waals surface area contributed by atoms with Crippen molar-refractivity contribution in [2.24, 2.45) is 0 Å².